The van der Waals surface area contributed by atoms with E-state index in [1.165, 1.54) is 12.1 Å². The third-order valence-electron chi connectivity index (χ3n) is 6.82. The van der Waals surface area contributed by atoms with Crippen LogP contribution in [-0.4, -0.2) is 41.1 Å². The van der Waals surface area contributed by atoms with Crippen molar-refractivity contribution in [1.82, 2.24) is 14.5 Å². The molecule has 3 heterocycles. The Morgan fingerprint density at radius 3 is 2.41 bits per heavy atom. The molecule has 2 aromatic heterocycles. The number of carbonyl (C=O) groups is 1. The van der Waals surface area contributed by atoms with Crippen LogP contribution in [0.2, 0.25) is 0 Å². The van der Waals surface area contributed by atoms with Crippen LogP contribution in [-0.2, 0) is 13.1 Å². The lowest BCUT2D eigenvalue weighted by Gasteiger charge is -2.32. The fourth-order valence-corrected chi connectivity index (χ4v) is 4.98. The Balaban J connectivity index is 1.72. The summed E-state index contributed by atoms with van der Waals surface area (Å²) in [6.07, 6.45) is 2.28. The van der Waals surface area contributed by atoms with E-state index in [-0.39, 0.29) is 28.7 Å². The van der Waals surface area contributed by atoms with E-state index >= 15 is 0 Å². The lowest BCUT2D eigenvalue weighted by molar-refractivity contribution is 0.0686. The summed E-state index contributed by atoms with van der Waals surface area (Å²) in [6, 6.07) is 15.0. The van der Waals surface area contributed by atoms with Crippen LogP contribution in [0, 0.1) is 11.7 Å². The molecule has 190 valence electrons. The molecule has 8 heteroatoms. The minimum Gasteiger partial charge on any atom is -0.497 e. The number of ether oxygens (including phenoxy) is 2. The van der Waals surface area contributed by atoms with Crippen LogP contribution in [0.25, 0.3) is 22.0 Å². The number of pyridine rings is 2. The van der Waals surface area contributed by atoms with Crippen LogP contribution in [0.15, 0.2) is 65.6 Å². The molecule has 1 atom stereocenters. The summed E-state index contributed by atoms with van der Waals surface area (Å²) >= 11 is 0. The van der Waals surface area contributed by atoms with Gasteiger partial charge in [-0.2, -0.15) is 0 Å². The number of hydrogen-bond donors (Lipinski definition) is 0. The van der Waals surface area contributed by atoms with Gasteiger partial charge in [0.2, 0.25) is 0 Å². The Morgan fingerprint density at radius 2 is 1.73 bits per heavy atom. The molecule has 1 amide bonds. The molecule has 0 aliphatic carbocycles. The minimum absolute atomic E-state index is 0.158. The van der Waals surface area contributed by atoms with Crippen LogP contribution < -0.4 is 15.0 Å². The first kappa shape index (κ1) is 24.5. The first-order valence-electron chi connectivity index (χ1n) is 12.2. The third kappa shape index (κ3) is 4.67. The molecular weight excluding hydrogens is 473 g/mol. The Bertz CT molecular complexity index is 1510. The molecule has 4 aromatic rings. The van der Waals surface area contributed by atoms with Gasteiger partial charge in [-0.1, -0.05) is 25.1 Å². The van der Waals surface area contributed by atoms with Crippen LogP contribution in [0.1, 0.15) is 29.4 Å². The minimum atomic E-state index is -0.379. The van der Waals surface area contributed by atoms with Gasteiger partial charge >= 0.3 is 0 Å². The molecule has 0 spiro atoms. The van der Waals surface area contributed by atoms with E-state index in [1.807, 2.05) is 12.1 Å². The number of carbonyl (C=O) groups excluding carboxylic acids is 1. The highest BCUT2D eigenvalue weighted by atomic mass is 19.1. The molecule has 0 N–H and O–H groups in total. The smallest absolute Gasteiger partial charge is 0.277 e. The second-order valence-electron chi connectivity index (χ2n) is 9.39. The number of methoxy groups -OCH3 is 2. The van der Waals surface area contributed by atoms with Gasteiger partial charge in [-0.3, -0.25) is 14.6 Å². The number of halogens is 1. The molecule has 37 heavy (non-hydrogen) atoms. The normalized spacial score (nSPS) is 15.7. The van der Waals surface area contributed by atoms with E-state index in [0.717, 1.165) is 5.56 Å². The fourth-order valence-electron chi connectivity index (χ4n) is 4.98. The van der Waals surface area contributed by atoms with Crippen molar-refractivity contribution in [3.8, 4) is 22.6 Å². The predicted octanol–water partition coefficient (Wildman–Crippen LogP) is 4.90. The molecule has 0 saturated heterocycles. The summed E-state index contributed by atoms with van der Waals surface area (Å²) in [7, 11) is 3.16. The summed E-state index contributed by atoms with van der Waals surface area (Å²) in [4.78, 5) is 34.0. The van der Waals surface area contributed by atoms with Crippen LogP contribution >= 0.6 is 0 Å². The van der Waals surface area contributed by atoms with E-state index in [0.29, 0.717) is 59.8 Å². The first-order valence-corrected chi connectivity index (χ1v) is 12.2. The van der Waals surface area contributed by atoms with E-state index in [1.54, 1.807) is 60.2 Å². The van der Waals surface area contributed by atoms with Crippen molar-refractivity contribution < 1.29 is 18.7 Å². The first-order chi connectivity index (χ1) is 17.9. The van der Waals surface area contributed by atoms with Gasteiger partial charge in [0.05, 0.1) is 14.2 Å². The quantitative estimate of drug-likeness (QED) is 0.389. The van der Waals surface area contributed by atoms with Gasteiger partial charge in [-0.25, -0.2) is 4.39 Å². The van der Waals surface area contributed by atoms with E-state index in [4.69, 9.17) is 9.47 Å². The molecular formula is C29H28FN3O4. The number of amides is 1. The highest BCUT2D eigenvalue weighted by molar-refractivity contribution is 6.07. The molecule has 2 aromatic carbocycles. The predicted molar refractivity (Wildman–Crippen MR) is 139 cm³/mol. The number of fused-ring (bicyclic) bond motifs is 2. The molecule has 1 unspecified atom stereocenters. The van der Waals surface area contributed by atoms with E-state index in [9.17, 15) is 14.0 Å². The lowest BCUT2D eigenvalue weighted by atomic mass is 9.95. The SMILES string of the molecule is COc1cc(CN2CC(C)CCn3c(c(-c4ccc(F)cc4)c4cccnc4c3=O)C2=O)cc(OC)c1. The monoisotopic (exact) mass is 501 g/mol. The summed E-state index contributed by atoms with van der Waals surface area (Å²) in [5.74, 6) is 0.766. The Morgan fingerprint density at radius 1 is 1.03 bits per heavy atom. The molecule has 0 fully saturated rings. The Labute approximate surface area is 214 Å². The molecule has 0 radical (unpaired) electrons. The molecule has 1 aliphatic rings. The maximum atomic E-state index is 14.3. The van der Waals surface area contributed by atoms with Gasteiger partial charge in [0.25, 0.3) is 11.5 Å². The fraction of sp³-hybridized carbons (Fsp3) is 0.276. The molecule has 0 bridgehead atoms. The Hall–Kier alpha value is -4.20. The van der Waals surface area contributed by atoms with Gasteiger partial charge in [0.1, 0.15) is 28.5 Å². The second-order valence-corrected chi connectivity index (χ2v) is 9.39. The summed E-state index contributed by atoms with van der Waals surface area (Å²) in [6.45, 7) is 3.28. The van der Waals surface area contributed by atoms with E-state index in [2.05, 4.69) is 11.9 Å². The summed E-state index contributed by atoms with van der Waals surface area (Å²) in [5.41, 5.74) is 2.34. The maximum Gasteiger partial charge on any atom is 0.277 e. The van der Waals surface area contributed by atoms with Gasteiger partial charge < -0.3 is 18.9 Å². The molecule has 0 saturated carbocycles. The van der Waals surface area contributed by atoms with Crippen molar-refractivity contribution >= 4 is 16.8 Å². The number of rotatable bonds is 5. The van der Waals surface area contributed by atoms with Gasteiger partial charge in [-0.15, -0.1) is 0 Å². The number of hydrogen-bond acceptors (Lipinski definition) is 5. The van der Waals surface area contributed by atoms with Crippen molar-refractivity contribution in [2.24, 2.45) is 5.92 Å². The highest BCUT2D eigenvalue weighted by Gasteiger charge is 2.30. The van der Waals surface area contributed by atoms with Crippen molar-refractivity contribution in [3.05, 3.63) is 88.2 Å². The Kier molecular flexibility index (Phi) is 6.65. The maximum absolute atomic E-state index is 14.3. The third-order valence-corrected chi connectivity index (χ3v) is 6.82. The van der Waals surface area contributed by atoms with E-state index < -0.39 is 0 Å². The van der Waals surface area contributed by atoms with Crippen LogP contribution in [0.5, 0.6) is 11.5 Å². The van der Waals surface area contributed by atoms with Crippen LogP contribution in [0.4, 0.5) is 4.39 Å². The topological polar surface area (TPSA) is 73.7 Å². The lowest BCUT2D eigenvalue weighted by Crippen LogP contribution is -2.41. The van der Waals surface area contributed by atoms with Crippen molar-refractivity contribution in [3.63, 3.8) is 0 Å². The summed E-state index contributed by atoms with van der Waals surface area (Å²) in [5, 5.41) is 0.565. The highest BCUT2D eigenvalue weighted by Crippen LogP contribution is 2.33. The summed E-state index contributed by atoms with van der Waals surface area (Å²) < 4.78 is 26.2. The van der Waals surface area contributed by atoms with Crippen LogP contribution in [0.3, 0.4) is 0 Å². The number of nitrogens with zero attached hydrogens (tertiary/aromatic N) is 3. The number of benzene rings is 2. The largest absolute Gasteiger partial charge is 0.497 e. The zero-order chi connectivity index (χ0) is 26.1. The average molecular weight is 502 g/mol. The molecule has 7 nitrogen and oxygen atoms in total. The molecule has 5 rings (SSSR count). The number of aromatic nitrogens is 2. The standard InChI is InChI=1S/C29H28FN3O4/c1-18-10-12-33-27(29(35)32(16-18)17-19-13-22(36-2)15-23(14-19)37-3)25(20-6-8-21(30)9-7-20)24-5-4-11-31-26(24)28(33)34/h4-9,11,13-15,18H,10,12,16-17H2,1-3H3. The zero-order valence-electron chi connectivity index (χ0n) is 21.0. The van der Waals surface area contributed by atoms with Crippen molar-refractivity contribution in [2.45, 2.75) is 26.4 Å². The van der Waals surface area contributed by atoms with Crippen molar-refractivity contribution in [2.75, 3.05) is 20.8 Å². The van der Waals surface area contributed by atoms with Gasteiger partial charge in [0, 0.05) is 42.8 Å². The molecule has 1 aliphatic heterocycles. The second kappa shape index (κ2) is 10.0. The zero-order valence-corrected chi connectivity index (χ0v) is 21.0. The van der Waals surface area contributed by atoms with Gasteiger partial charge in [0.15, 0.2) is 0 Å². The average Bonchev–Trinajstić information content (AvgIpc) is 2.91. The van der Waals surface area contributed by atoms with Crippen molar-refractivity contribution in [1.29, 1.82) is 0 Å². The van der Waals surface area contributed by atoms with Gasteiger partial charge in [-0.05, 0) is 53.8 Å².